The third-order valence-electron chi connectivity index (χ3n) is 6.16. The first kappa shape index (κ1) is 26.8. The van der Waals surface area contributed by atoms with E-state index in [1.54, 1.807) is 42.9 Å². The molecule has 0 saturated heterocycles. The van der Waals surface area contributed by atoms with Crippen LogP contribution in [-0.2, 0) is 16.1 Å². The van der Waals surface area contributed by atoms with Gasteiger partial charge < -0.3 is 25.1 Å². The van der Waals surface area contributed by atoms with Crippen LogP contribution >= 0.6 is 11.3 Å². The van der Waals surface area contributed by atoms with Gasteiger partial charge in [-0.1, -0.05) is 25.1 Å². The van der Waals surface area contributed by atoms with E-state index in [9.17, 15) is 9.59 Å². The highest BCUT2D eigenvalue weighted by Gasteiger charge is 2.28. The largest absolute Gasteiger partial charge is 0.495 e. The van der Waals surface area contributed by atoms with Gasteiger partial charge in [-0.3, -0.25) is 14.6 Å². The third kappa shape index (κ3) is 5.50. The molecule has 0 bridgehead atoms. The van der Waals surface area contributed by atoms with Crippen LogP contribution in [0.15, 0.2) is 73.3 Å². The molecule has 204 valence electrons. The van der Waals surface area contributed by atoms with Crippen molar-refractivity contribution in [2.24, 2.45) is 5.73 Å². The maximum atomic E-state index is 15.3. The number of fused-ring (bicyclic) bond motifs is 1. The van der Waals surface area contributed by atoms with Crippen molar-refractivity contribution < 1.29 is 23.5 Å². The summed E-state index contributed by atoms with van der Waals surface area (Å²) in [5.74, 6) is -3.09. The Morgan fingerprint density at radius 2 is 1.93 bits per heavy atom. The van der Waals surface area contributed by atoms with Gasteiger partial charge in [-0.25, -0.2) is 9.37 Å². The smallest absolute Gasteiger partial charge is 0.241 e. The summed E-state index contributed by atoms with van der Waals surface area (Å²) in [6, 6.07) is 14.2. The zero-order valence-electron chi connectivity index (χ0n) is 21.8. The molecule has 3 N–H and O–H groups in total. The summed E-state index contributed by atoms with van der Waals surface area (Å²) in [7, 11) is 1.46. The molecule has 0 saturated carbocycles. The summed E-state index contributed by atoms with van der Waals surface area (Å²) in [5, 5.41) is 2.63. The monoisotopic (exact) mass is 559 g/mol. The summed E-state index contributed by atoms with van der Waals surface area (Å²) < 4.78 is 29.2. The number of ether oxygens (including phenoxy) is 2. The number of thiophene rings is 1. The number of aromatic nitrogens is 3. The van der Waals surface area contributed by atoms with Gasteiger partial charge in [-0.05, 0) is 42.3 Å². The van der Waals surface area contributed by atoms with E-state index in [0.29, 0.717) is 22.7 Å². The van der Waals surface area contributed by atoms with E-state index < -0.39 is 23.5 Å². The number of methoxy groups -OCH3 is 1. The molecule has 0 radical (unpaired) electrons. The molecule has 0 spiro atoms. The minimum atomic E-state index is -1.44. The number of nitrogens with one attached hydrogen (secondary N) is 1. The number of benzene rings is 2. The van der Waals surface area contributed by atoms with Crippen molar-refractivity contribution in [2.75, 3.05) is 12.4 Å². The average Bonchev–Trinajstić information content (AvgIpc) is 3.58. The van der Waals surface area contributed by atoms with Gasteiger partial charge in [-0.15, -0.1) is 11.3 Å². The number of pyridine rings is 1. The number of aryl methyl sites for hydroxylation is 1. The molecule has 5 aromatic rings. The molecule has 2 amide bonds. The Labute approximate surface area is 233 Å². The lowest BCUT2D eigenvalue weighted by atomic mass is 9.97. The summed E-state index contributed by atoms with van der Waals surface area (Å²) >= 11 is 1.44. The summed E-state index contributed by atoms with van der Waals surface area (Å²) in [5.41, 5.74) is 7.50. The highest BCUT2D eigenvalue weighted by Crippen LogP contribution is 2.39. The van der Waals surface area contributed by atoms with Gasteiger partial charge in [0.1, 0.15) is 17.4 Å². The predicted molar refractivity (Wildman–Crippen MR) is 151 cm³/mol. The average molecular weight is 560 g/mol. The van der Waals surface area contributed by atoms with Crippen LogP contribution in [0.3, 0.4) is 0 Å². The topological polar surface area (TPSA) is 121 Å². The first-order valence-electron chi connectivity index (χ1n) is 12.5. The molecule has 0 aliphatic heterocycles. The van der Waals surface area contributed by atoms with Crippen molar-refractivity contribution in [1.82, 2.24) is 14.5 Å². The normalized spacial score (nSPS) is 11.8. The lowest BCUT2D eigenvalue weighted by molar-refractivity contribution is -0.127. The van der Waals surface area contributed by atoms with Crippen LogP contribution < -0.4 is 20.5 Å². The van der Waals surface area contributed by atoms with Crippen LogP contribution in [-0.4, -0.2) is 33.5 Å². The quantitative estimate of drug-likeness (QED) is 0.211. The zero-order valence-corrected chi connectivity index (χ0v) is 22.6. The van der Waals surface area contributed by atoms with E-state index >= 15 is 4.39 Å². The van der Waals surface area contributed by atoms with E-state index in [2.05, 4.69) is 22.2 Å². The molecular formula is C29H26FN5O4S. The van der Waals surface area contributed by atoms with Crippen LogP contribution in [0, 0.1) is 5.82 Å². The molecule has 9 nitrogen and oxygen atoms in total. The minimum absolute atomic E-state index is 0.0771. The Morgan fingerprint density at radius 1 is 1.10 bits per heavy atom. The maximum absolute atomic E-state index is 15.3. The summed E-state index contributed by atoms with van der Waals surface area (Å²) in [6.45, 7) is 2.97. The molecule has 11 heteroatoms. The molecule has 0 aliphatic rings. The molecular weight excluding hydrogens is 533 g/mol. The number of imidazole rings is 1. The molecule has 2 aromatic carbocycles. The minimum Gasteiger partial charge on any atom is -0.495 e. The van der Waals surface area contributed by atoms with Gasteiger partial charge in [0, 0.05) is 25.0 Å². The number of nitrogens with two attached hydrogens (primary N) is 1. The molecule has 0 fully saturated rings. The fourth-order valence-corrected chi connectivity index (χ4v) is 5.31. The van der Waals surface area contributed by atoms with Gasteiger partial charge in [0.15, 0.2) is 11.6 Å². The third-order valence-corrected chi connectivity index (χ3v) is 7.33. The lowest BCUT2D eigenvalue weighted by Crippen LogP contribution is -2.32. The number of primary amides is 1. The zero-order chi connectivity index (χ0) is 28.2. The van der Waals surface area contributed by atoms with E-state index in [1.165, 1.54) is 30.6 Å². The standard InChI is InChI=1S/C29H26FN5O4S/c1-3-12-35-15-21(33-16-35)25-14-20-27(40-25)24(10-11-32-20)39-22-9-8-17(13-18(22)30)26(28(31)36)29(37)34-19-6-4-5-7-23(19)38-2/h4-11,13-16,26H,3,12H2,1-2H3,(H2,31,36)(H,34,37). The number of hydrogen-bond donors (Lipinski definition) is 2. The number of amides is 2. The predicted octanol–water partition coefficient (Wildman–Crippen LogP) is 5.72. The maximum Gasteiger partial charge on any atom is 0.241 e. The molecule has 5 rings (SSSR count). The van der Waals surface area contributed by atoms with E-state index in [1.807, 2.05) is 16.8 Å². The van der Waals surface area contributed by atoms with Crippen molar-refractivity contribution in [3.8, 4) is 27.8 Å². The van der Waals surface area contributed by atoms with Gasteiger partial charge in [0.05, 0.1) is 39.9 Å². The number of para-hydroxylation sites is 2. The Morgan fingerprint density at radius 3 is 2.67 bits per heavy atom. The van der Waals surface area contributed by atoms with Crippen molar-refractivity contribution in [1.29, 1.82) is 0 Å². The SMILES string of the molecule is CCCn1cnc(-c2cc3nccc(Oc4ccc(C(C(N)=O)C(=O)Nc5ccccc5OC)cc4F)c3s2)c1. The highest BCUT2D eigenvalue weighted by molar-refractivity contribution is 7.22. The van der Waals surface area contributed by atoms with Crippen molar-refractivity contribution >= 4 is 39.1 Å². The molecule has 3 heterocycles. The number of rotatable bonds is 10. The second-order valence-corrected chi connectivity index (χ2v) is 10.00. The van der Waals surface area contributed by atoms with Crippen LogP contribution in [0.5, 0.6) is 17.2 Å². The molecule has 1 unspecified atom stereocenters. The number of carbonyl (C=O) groups excluding carboxylic acids is 2. The first-order valence-corrected chi connectivity index (χ1v) is 13.3. The Balaban J connectivity index is 1.39. The Kier molecular flexibility index (Phi) is 7.74. The summed E-state index contributed by atoms with van der Waals surface area (Å²) in [6.07, 6.45) is 6.35. The summed E-state index contributed by atoms with van der Waals surface area (Å²) in [4.78, 5) is 35.0. The van der Waals surface area contributed by atoms with Crippen molar-refractivity contribution in [2.45, 2.75) is 25.8 Å². The molecule has 0 aliphatic carbocycles. The van der Waals surface area contributed by atoms with E-state index in [0.717, 1.165) is 34.3 Å². The van der Waals surface area contributed by atoms with Crippen LogP contribution in [0.25, 0.3) is 20.8 Å². The van der Waals surface area contributed by atoms with Crippen molar-refractivity contribution in [3.63, 3.8) is 0 Å². The first-order chi connectivity index (χ1) is 19.4. The van der Waals surface area contributed by atoms with Gasteiger partial charge in [-0.2, -0.15) is 0 Å². The van der Waals surface area contributed by atoms with Gasteiger partial charge in [0.2, 0.25) is 11.8 Å². The van der Waals surface area contributed by atoms with Crippen LogP contribution in [0.1, 0.15) is 24.8 Å². The molecule has 40 heavy (non-hydrogen) atoms. The lowest BCUT2D eigenvalue weighted by Gasteiger charge is -2.16. The van der Waals surface area contributed by atoms with Crippen LogP contribution in [0.4, 0.5) is 10.1 Å². The molecule has 3 aromatic heterocycles. The Hall–Kier alpha value is -4.77. The number of anilines is 1. The number of hydrogen-bond acceptors (Lipinski definition) is 7. The second kappa shape index (κ2) is 11.5. The number of carbonyl (C=O) groups is 2. The fraction of sp³-hybridized carbons (Fsp3) is 0.172. The van der Waals surface area contributed by atoms with E-state index in [-0.39, 0.29) is 11.3 Å². The van der Waals surface area contributed by atoms with Crippen LogP contribution in [0.2, 0.25) is 0 Å². The van der Waals surface area contributed by atoms with E-state index in [4.69, 9.17) is 15.2 Å². The van der Waals surface area contributed by atoms with Crippen molar-refractivity contribution in [3.05, 3.63) is 84.7 Å². The Bertz CT molecular complexity index is 1700. The highest BCUT2D eigenvalue weighted by atomic mass is 32.1. The number of halogens is 1. The van der Waals surface area contributed by atoms with Gasteiger partial charge >= 0.3 is 0 Å². The van der Waals surface area contributed by atoms with Gasteiger partial charge in [0.25, 0.3) is 0 Å². The fourth-order valence-electron chi connectivity index (χ4n) is 4.28. The number of nitrogens with zero attached hydrogens (tertiary/aromatic N) is 3. The second-order valence-electron chi connectivity index (χ2n) is 8.95. The molecule has 1 atom stereocenters.